The molecule has 0 fully saturated rings. The van der Waals surface area contributed by atoms with E-state index in [0.717, 1.165) is 12.1 Å². The molecule has 2 aromatic rings. The number of benzene rings is 2. The predicted molar refractivity (Wildman–Crippen MR) is 90.2 cm³/mol. The maximum absolute atomic E-state index is 13.6. The smallest absolute Gasteiger partial charge is 0.270 e. The first kappa shape index (κ1) is 18.2. The Bertz CT molecular complexity index is 771. The molecular formula is C16H13BFNO4S. The molecule has 122 valence electrons. The van der Waals surface area contributed by atoms with Crippen LogP contribution in [0.4, 0.5) is 10.1 Å². The molecule has 24 heavy (non-hydrogen) atoms. The van der Waals surface area contributed by atoms with Gasteiger partial charge in [0.1, 0.15) is 5.82 Å². The largest absolute Gasteiger partial charge is 0.397 e. The van der Waals surface area contributed by atoms with Crippen LogP contribution in [-0.4, -0.2) is 36.0 Å². The number of nitrogens with zero attached hydrogens (tertiary/aromatic N) is 1. The van der Waals surface area contributed by atoms with Crippen molar-refractivity contribution in [2.24, 2.45) is 0 Å². The predicted octanol–water partition coefficient (Wildman–Crippen LogP) is 3.01. The van der Waals surface area contributed by atoms with Gasteiger partial charge in [0.2, 0.25) is 0 Å². The Morgan fingerprint density at radius 1 is 1.33 bits per heavy atom. The summed E-state index contributed by atoms with van der Waals surface area (Å²) >= 11 is 1.22. The van der Waals surface area contributed by atoms with Crippen LogP contribution in [0.2, 0.25) is 5.82 Å². The molecule has 2 radical (unpaired) electrons. The van der Waals surface area contributed by atoms with Gasteiger partial charge in [-0.3, -0.25) is 14.9 Å². The van der Waals surface area contributed by atoms with E-state index >= 15 is 0 Å². The van der Waals surface area contributed by atoms with E-state index in [1.807, 2.05) is 0 Å². The lowest BCUT2D eigenvalue weighted by atomic mass is 9.91. The van der Waals surface area contributed by atoms with Crippen LogP contribution < -0.4 is 0 Å². The number of nitro groups is 1. The molecule has 0 aliphatic carbocycles. The zero-order valence-electron chi connectivity index (χ0n) is 12.5. The third kappa shape index (κ3) is 4.42. The maximum atomic E-state index is 13.6. The van der Waals surface area contributed by atoms with Gasteiger partial charge in [-0.25, -0.2) is 4.39 Å². The van der Waals surface area contributed by atoms with Crippen LogP contribution in [0.1, 0.15) is 15.9 Å². The van der Waals surface area contributed by atoms with Gasteiger partial charge >= 0.3 is 0 Å². The van der Waals surface area contributed by atoms with Crippen LogP contribution in [0.15, 0.2) is 47.4 Å². The number of aliphatic hydroxyl groups is 1. The summed E-state index contributed by atoms with van der Waals surface area (Å²) < 4.78 is 13.6. The molecule has 2 aromatic carbocycles. The average molecular weight is 345 g/mol. The molecule has 5 nitrogen and oxygen atoms in total. The normalized spacial score (nSPS) is 11.9. The molecule has 1 unspecified atom stereocenters. The SMILES string of the molecule is [B]C(CO)CSc1ccc(F)cc1C(=O)c1cccc([N+](=O)[O-])c1. The van der Waals surface area contributed by atoms with E-state index in [4.69, 9.17) is 13.0 Å². The summed E-state index contributed by atoms with van der Waals surface area (Å²) in [6.07, 6.45) is 0. The van der Waals surface area contributed by atoms with Crippen molar-refractivity contribution in [3.05, 3.63) is 69.5 Å². The van der Waals surface area contributed by atoms with Crippen LogP contribution in [-0.2, 0) is 0 Å². The third-order valence-electron chi connectivity index (χ3n) is 3.19. The van der Waals surface area contributed by atoms with E-state index in [2.05, 4.69) is 0 Å². The second kappa shape index (κ2) is 8.07. The summed E-state index contributed by atoms with van der Waals surface area (Å²) in [5, 5.41) is 19.8. The highest BCUT2D eigenvalue weighted by atomic mass is 32.2. The number of hydrogen-bond donors (Lipinski definition) is 1. The number of thioether (sulfide) groups is 1. The minimum absolute atomic E-state index is 0.100. The van der Waals surface area contributed by atoms with E-state index in [1.165, 1.54) is 42.1 Å². The number of nitro benzene ring substituents is 1. The molecule has 0 aliphatic rings. The van der Waals surface area contributed by atoms with E-state index in [9.17, 15) is 19.3 Å². The zero-order valence-corrected chi connectivity index (χ0v) is 13.3. The van der Waals surface area contributed by atoms with Crippen LogP contribution in [0, 0.1) is 15.9 Å². The van der Waals surface area contributed by atoms with E-state index in [-0.39, 0.29) is 23.4 Å². The molecule has 1 atom stereocenters. The number of non-ortho nitro benzene ring substituents is 1. The Hall–Kier alpha value is -2.19. The Kier molecular flexibility index (Phi) is 6.11. The van der Waals surface area contributed by atoms with Crippen LogP contribution in [0.25, 0.3) is 0 Å². The lowest BCUT2D eigenvalue weighted by molar-refractivity contribution is -0.384. The molecule has 1 N–H and O–H groups in total. The molecule has 0 heterocycles. The average Bonchev–Trinajstić information content (AvgIpc) is 2.59. The highest BCUT2D eigenvalue weighted by Gasteiger charge is 2.18. The number of hydrogen-bond acceptors (Lipinski definition) is 5. The minimum atomic E-state index is -0.599. The standard InChI is InChI=1S/C16H13BFNO4S/c17-11(8-20)9-24-15-5-4-12(18)7-14(15)16(21)10-2-1-3-13(6-10)19(22)23/h1-7,11,20H,8-9H2. The molecule has 0 amide bonds. The maximum Gasteiger partial charge on any atom is 0.270 e. The van der Waals surface area contributed by atoms with Gasteiger partial charge in [0.15, 0.2) is 5.78 Å². The van der Waals surface area contributed by atoms with Gasteiger partial charge in [0.25, 0.3) is 5.69 Å². The minimum Gasteiger partial charge on any atom is -0.397 e. The monoisotopic (exact) mass is 345 g/mol. The molecule has 0 saturated carbocycles. The Balaban J connectivity index is 2.36. The molecule has 0 aromatic heterocycles. The Morgan fingerprint density at radius 3 is 2.75 bits per heavy atom. The van der Waals surface area contributed by atoms with E-state index in [1.54, 1.807) is 0 Å². The molecule has 2 rings (SSSR count). The summed E-state index contributed by atoms with van der Waals surface area (Å²) in [7, 11) is 5.64. The first-order valence-electron chi connectivity index (χ1n) is 7.00. The van der Waals surface area contributed by atoms with Crippen molar-refractivity contribution < 1.29 is 19.2 Å². The third-order valence-corrected chi connectivity index (χ3v) is 4.45. The van der Waals surface area contributed by atoms with Gasteiger partial charge in [0, 0.05) is 34.8 Å². The van der Waals surface area contributed by atoms with Gasteiger partial charge in [0.05, 0.1) is 12.8 Å². The van der Waals surface area contributed by atoms with Crippen molar-refractivity contribution >= 4 is 31.1 Å². The second-order valence-electron chi connectivity index (χ2n) is 5.03. The number of aliphatic hydroxyl groups excluding tert-OH is 1. The first-order chi connectivity index (χ1) is 11.4. The first-order valence-corrected chi connectivity index (χ1v) is 7.99. The molecule has 0 spiro atoms. The van der Waals surface area contributed by atoms with E-state index in [0.29, 0.717) is 10.6 Å². The van der Waals surface area contributed by atoms with Crippen molar-refractivity contribution in [3.63, 3.8) is 0 Å². The Morgan fingerprint density at radius 2 is 2.08 bits per heavy atom. The summed E-state index contributed by atoms with van der Waals surface area (Å²) in [5.41, 5.74) is -0.0116. The van der Waals surface area contributed by atoms with Gasteiger partial charge < -0.3 is 5.11 Å². The summed E-state index contributed by atoms with van der Waals surface area (Å²) in [6, 6.07) is 9.03. The lowest BCUT2D eigenvalue weighted by Gasteiger charge is -2.11. The van der Waals surface area contributed by atoms with Crippen molar-refractivity contribution in [2.45, 2.75) is 10.7 Å². The lowest BCUT2D eigenvalue weighted by Crippen LogP contribution is -2.06. The van der Waals surface area contributed by atoms with Crippen LogP contribution in [0.3, 0.4) is 0 Å². The fourth-order valence-electron chi connectivity index (χ4n) is 1.97. The van der Waals surface area contributed by atoms with Gasteiger partial charge in [-0.1, -0.05) is 12.1 Å². The fraction of sp³-hybridized carbons (Fsp3) is 0.188. The molecule has 0 bridgehead atoms. The second-order valence-corrected chi connectivity index (χ2v) is 6.09. The number of rotatable bonds is 7. The fourth-order valence-corrected chi connectivity index (χ4v) is 2.94. The van der Waals surface area contributed by atoms with Gasteiger partial charge in [-0.2, -0.15) is 0 Å². The molecule has 0 aliphatic heterocycles. The van der Waals surface area contributed by atoms with E-state index < -0.39 is 22.3 Å². The van der Waals surface area contributed by atoms with Crippen molar-refractivity contribution in [2.75, 3.05) is 12.4 Å². The van der Waals surface area contributed by atoms with Crippen molar-refractivity contribution in [1.29, 1.82) is 0 Å². The van der Waals surface area contributed by atoms with Crippen LogP contribution >= 0.6 is 11.8 Å². The number of carbonyl (C=O) groups excluding carboxylic acids is 1. The number of carbonyl (C=O) groups is 1. The number of ketones is 1. The van der Waals surface area contributed by atoms with Crippen molar-refractivity contribution in [1.82, 2.24) is 0 Å². The van der Waals surface area contributed by atoms with Crippen LogP contribution in [0.5, 0.6) is 0 Å². The molecule has 0 saturated heterocycles. The Labute approximate surface area is 143 Å². The van der Waals surface area contributed by atoms with Gasteiger partial charge in [-0.15, -0.1) is 11.8 Å². The quantitative estimate of drug-likeness (QED) is 0.274. The van der Waals surface area contributed by atoms with Gasteiger partial charge in [-0.05, 0) is 29.8 Å². The molecular weight excluding hydrogens is 332 g/mol. The topological polar surface area (TPSA) is 80.4 Å². The van der Waals surface area contributed by atoms with Crippen molar-refractivity contribution in [3.8, 4) is 0 Å². The number of halogens is 1. The zero-order chi connectivity index (χ0) is 17.7. The summed E-state index contributed by atoms with van der Waals surface area (Å²) in [5.74, 6) is -1.23. The highest BCUT2D eigenvalue weighted by molar-refractivity contribution is 7.99. The summed E-state index contributed by atoms with van der Waals surface area (Å²) in [4.78, 5) is 23.4. The summed E-state index contributed by atoms with van der Waals surface area (Å²) in [6.45, 7) is -0.206. The molecule has 8 heteroatoms. The highest BCUT2D eigenvalue weighted by Crippen LogP contribution is 2.28.